The molecule has 0 spiro atoms. The van der Waals surface area contributed by atoms with Gasteiger partial charge in [0.1, 0.15) is 11.6 Å². The number of benzene rings is 2. The van der Waals surface area contributed by atoms with Crippen molar-refractivity contribution in [3.05, 3.63) is 65.5 Å². The summed E-state index contributed by atoms with van der Waals surface area (Å²) in [6, 6.07) is 13.7. The summed E-state index contributed by atoms with van der Waals surface area (Å²) in [5.74, 6) is -0.0420. The Morgan fingerprint density at radius 2 is 1.88 bits per heavy atom. The second kappa shape index (κ2) is 8.97. The summed E-state index contributed by atoms with van der Waals surface area (Å²) in [6.45, 7) is 4.25. The predicted molar refractivity (Wildman–Crippen MR) is 97.6 cm³/mol. The monoisotopic (exact) mass is 365 g/mol. The first kappa shape index (κ1) is 19.4. The first-order chi connectivity index (χ1) is 11.9. The minimum Gasteiger partial charge on any atom is -0.491 e. The second-order valence-electron chi connectivity index (χ2n) is 6.16. The molecule has 2 rings (SSSR count). The lowest BCUT2D eigenvalue weighted by atomic mass is 10.1. The maximum atomic E-state index is 13.6. The lowest BCUT2D eigenvalue weighted by Crippen LogP contribution is -2.26. The van der Waals surface area contributed by atoms with Crippen LogP contribution in [0.4, 0.5) is 4.39 Å². The van der Waals surface area contributed by atoms with Crippen LogP contribution in [0.2, 0.25) is 0 Å². The summed E-state index contributed by atoms with van der Waals surface area (Å²) in [6.07, 6.45) is 1.50. The SMILES string of the molecule is CC(C)Oc1cccc(CCCNS(=O)(=O)Cc2ccccc2F)c1. The molecule has 0 fully saturated rings. The van der Waals surface area contributed by atoms with E-state index in [0.29, 0.717) is 13.0 Å². The molecular weight excluding hydrogens is 341 g/mol. The molecule has 0 atom stereocenters. The first-order valence-electron chi connectivity index (χ1n) is 8.32. The number of halogens is 1. The zero-order valence-electron chi connectivity index (χ0n) is 14.5. The van der Waals surface area contributed by atoms with Gasteiger partial charge in [-0.15, -0.1) is 0 Å². The number of nitrogens with one attached hydrogen (secondary N) is 1. The highest BCUT2D eigenvalue weighted by atomic mass is 32.2. The quantitative estimate of drug-likeness (QED) is 0.690. The molecule has 25 heavy (non-hydrogen) atoms. The third kappa shape index (κ3) is 6.84. The van der Waals surface area contributed by atoms with Gasteiger partial charge in [-0.25, -0.2) is 17.5 Å². The molecule has 0 aliphatic rings. The molecule has 1 N–H and O–H groups in total. The van der Waals surface area contributed by atoms with Gasteiger partial charge >= 0.3 is 0 Å². The van der Waals surface area contributed by atoms with E-state index in [9.17, 15) is 12.8 Å². The van der Waals surface area contributed by atoms with Gasteiger partial charge in [0.05, 0.1) is 11.9 Å². The van der Waals surface area contributed by atoms with Gasteiger partial charge in [-0.3, -0.25) is 0 Å². The van der Waals surface area contributed by atoms with Gasteiger partial charge in [0, 0.05) is 12.1 Å². The predicted octanol–water partition coefficient (Wildman–Crippen LogP) is 3.67. The number of aryl methyl sites for hydroxylation is 1. The van der Waals surface area contributed by atoms with Crippen LogP contribution in [0.3, 0.4) is 0 Å². The summed E-state index contributed by atoms with van der Waals surface area (Å²) in [7, 11) is -3.55. The third-order valence-electron chi connectivity index (χ3n) is 3.54. The van der Waals surface area contributed by atoms with Gasteiger partial charge in [0.25, 0.3) is 0 Å². The van der Waals surface area contributed by atoms with E-state index in [2.05, 4.69) is 4.72 Å². The lowest BCUT2D eigenvalue weighted by Gasteiger charge is -2.11. The van der Waals surface area contributed by atoms with Crippen molar-refractivity contribution in [1.29, 1.82) is 0 Å². The van der Waals surface area contributed by atoms with E-state index in [1.54, 1.807) is 6.07 Å². The van der Waals surface area contributed by atoms with E-state index in [0.717, 1.165) is 17.7 Å². The Morgan fingerprint density at radius 3 is 2.60 bits per heavy atom. The summed E-state index contributed by atoms with van der Waals surface area (Å²) < 4.78 is 45.8. The van der Waals surface area contributed by atoms with Gasteiger partial charge in [-0.1, -0.05) is 30.3 Å². The molecule has 0 saturated heterocycles. The van der Waals surface area contributed by atoms with Crippen LogP contribution in [0.5, 0.6) is 5.75 Å². The molecule has 2 aromatic rings. The Balaban J connectivity index is 1.81. The van der Waals surface area contributed by atoms with Crippen molar-refractivity contribution in [2.24, 2.45) is 0 Å². The van der Waals surface area contributed by atoms with Crippen molar-refractivity contribution >= 4 is 10.0 Å². The molecule has 0 unspecified atom stereocenters. The molecule has 0 radical (unpaired) electrons. The highest BCUT2D eigenvalue weighted by molar-refractivity contribution is 7.88. The highest BCUT2D eigenvalue weighted by Crippen LogP contribution is 2.16. The van der Waals surface area contributed by atoms with Crippen molar-refractivity contribution in [2.45, 2.75) is 38.5 Å². The Morgan fingerprint density at radius 1 is 1.12 bits per heavy atom. The average molecular weight is 365 g/mol. The van der Waals surface area contributed by atoms with Gasteiger partial charge < -0.3 is 4.74 Å². The van der Waals surface area contributed by atoms with Crippen molar-refractivity contribution in [1.82, 2.24) is 4.72 Å². The zero-order chi connectivity index (χ0) is 18.3. The van der Waals surface area contributed by atoms with Gasteiger partial charge in [0.2, 0.25) is 10.0 Å². The maximum absolute atomic E-state index is 13.6. The van der Waals surface area contributed by atoms with Crippen molar-refractivity contribution in [2.75, 3.05) is 6.54 Å². The minimum atomic E-state index is -3.55. The van der Waals surface area contributed by atoms with E-state index in [1.807, 2.05) is 38.1 Å². The van der Waals surface area contributed by atoms with Crippen LogP contribution < -0.4 is 9.46 Å². The molecule has 0 heterocycles. The average Bonchev–Trinajstić information content (AvgIpc) is 2.53. The molecule has 2 aromatic carbocycles. The molecule has 6 heteroatoms. The van der Waals surface area contributed by atoms with Crippen LogP contribution in [0, 0.1) is 5.82 Å². The van der Waals surface area contributed by atoms with Crippen molar-refractivity contribution in [3.8, 4) is 5.75 Å². The Bertz CT molecular complexity index is 791. The number of ether oxygens (including phenoxy) is 1. The van der Waals surface area contributed by atoms with Crippen LogP contribution in [0.1, 0.15) is 31.4 Å². The van der Waals surface area contributed by atoms with Gasteiger partial charge in [-0.05, 0) is 50.5 Å². The summed E-state index contributed by atoms with van der Waals surface area (Å²) in [5, 5.41) is 0. The fourth-order valence-corrected chi connectivity index (χ4v) is 3.64. The number of hydrogen-bond acceptors (Lipinski definition) is 3. The molecule has 0 saturated carbocycles. The van der Waals surface area contributed by atoms with Crippen molar-refractivity contribution in [3.63, 3.8) is 0 Å². The molecule has 0 amide bonds. The van der Waals surface area contributed by atoms with E-state index in [4.69, 9.17) is 4.74 Å². The second-order valence-corrected chi connectivity index (χ2v) is 7.97. The molecule has 0 bridgehead atoms. The van der Waals surface area contributed by atoms with Gasteiger partial charge in [0.15, 0.2) is 0 Å². The molecule has 0 aromatic heterocycles. The standard InChI is InChI=1S/C19H24FNO3S/c1-15(2)24-18-10-5-7-16(13-18)8-6-12-21-25(22,23)14-17-9-3-4-11-19(17)20/h3-5,7,9-11,13,15,21H,6,8,12,14H2,1-2H3. The molecular formula is C19H24FNO3S. The van der Waals surface area contributed by atoms with Crippen LogP contribution >= 0.6 is 0 Å². The highest BCUT2D eigenvalue weighted by Gasteiger charge is 2.13. The molecule has 0 aliphatic heterocycles. The zero-order valence-corrected chi connectivity index (χ0v) is 15.4. The Kier molecular flexibility index (Phi) is 6.96. The number of rotatable bonds is 9. The fraction of sp³-hybridized carbons (Fsp3) is 0.368. The van der Waals surface area contributed by atoms with Crippen LogP contribution in [0.25, 0.3) is 0 Å². The summed E-state index contributed by atoms with van der Waals surface area (Å²) in [5.41, 5.74) is 1.26. The number of hydrogen-bond donors (Lipinski definition) is 1. The molecule has 0 aliphatic carbocycles. The fourth-order valence-electron chi connectivity index (χ4n) is 2.44. The summed E-state index contributed by atoms with van der Waals surface area (Å²) in [4.78, 5) is 0. The van der Waals surface area contributed by atoms with Crippen LogP contribution in [-0.2, 0) is 22.2 Å². The normalized spacial score (nSPS) is 11.7. The minimum absolute atomic E-state index is 0.112. The smallest absolute Gasteiger partial charge is 0.215 e. The lowest BCUT2D eigenvalue weighted by molar-refractivity contribution is 0.242. The van der Waals surface area contributed by atoms with Gasteiger partial charge in [-0.2, -0.15) is 0 Å². The third-order valence-corrected chi connectivity index (χ3v) is 4.87. The van der Waals surface area contributed by atoms with Crippen LogP contribution in [0.15, 0.2) is 48.5 Å². The van der Waals surface area contributed by atoms with Crippen molar-refractivity contribution < 1.29 is 17.5 Å². The molecule has 136 valence electrons. The number of sulfonamides is 1. The maximum Gasteiger partial charge on any atom is 0.215 e. The molecule has 4 nitrogen and oxygen atoms in total. The summed E-state index contributed by atoms with van der Waals surface area (Å²) >= 11 is 0. The largest absolute Gasteiger partial charge is 0.491 e. The van der Waals surface area contributed by atoms with Crippen LogP contribution in [-0.4, -0.2) is 21.1 Å². The first-order valence-corrected chi connectivity index (χ1v) is 9.97. The van der Waals surface area contributed by atoms with E-state index >= 15 is 0 Å². The van der Waals surface area contributed by atoms with E-state index < -0.39 is 15.8 Å². The van der Waals surface area contributed by atoms with E-state index in [-0.39, 0.29) is 17.4 Å². The Labute approximate surface area is 149 Å². The van der Waals surface area contributed by atoms with E-state index in [1.165, 1.54) is 18.2 Å². The topological polar surface area (TPSA) is 55.4 Å². The Hall–Kier alpha value is -1.92.